The van der Waals surface area contributed by atoms with Gasteiger partial charge in [-0.3, -0.25) is 4.79 Å². The Hall–Kier alpha value is -2.82. The van der Waals surface area contributed by atoms with Crippen molar-refractivity contribution in [3.05, 3.63) is 61.3 Å². The van der Waals surface area contributed by atoms with E-state index >= 15 is 0 Å². The van der Waals surface area contributed by atoms with Crippen LogP contribution < -0.4 is 14.8 Å². The molecular formula is C16H16N2O3. The number of pyridine rings is 1. The van der Waals surface area contributed by atoms with Crippen LogP contribution in [0.1, 0.15) is 0 Å². The highest BCUT2D eigenvalue weighted by atomic mass is 16.5. The lowest BCUT2D eigenvalue weighted by atomic mass is 10.3. The van der Waals surface area contributed by atoms with E-state index in [-0.39, 0.29) is 12.5 Å². The highest BCUT2D eigenvalue weighted by Gasteiger charge is 2.02. The first-order valence-corrected chi connectivity index (χ1v) is 6.47. The summed E-state index contributed by atoms with van der Waals surface area (Å²) in [5, 5.41) is 2.63. The minimum absolute atomic E-state index is 0.0334. The number of carbonyl (C=O) groups is 1. The van der Waals surface area contributed by atoms with Gasteiger partial charge in [0.15, 0.2) is 6.61 Å². The average molecular weight is 284 g/mol. The zero-order valence-electron chi connectivity index (χ0n) is 11.5. The molecule has 1 aromatic carbocycles. The van der Waals surface area contributed by atoms with E-state index in [1.807, 2.05) is 12.1 Å². The van der Waals surface area contributed by atoms with Gasteiger partial charge in [0.05, 0.1) is 0 Å². The van der Waals surface area contributed by atoms with Crippen LogP contribution in [0.2, 0.25) is 0 Å². The van der Waals surface area contributed by atoms with Gasteiger partial charge in [-0.2, -0.15) is 0 Å². The molecule has 0 saturated heterocycles. The van der Waals surface area contributed by atoms with Crippen molar-refractivity contribution in [2.45, 2.75) is 0 Å². The van der Waals surface area contributed by atoms with Crippen LogP contribution in [0, 0.1) is 0 Å². The number of amides is 1. The Morgan fingerprint density at radius 3 is 2.62 bits per heavy atom. The molecule has 0 radical (unpaired) electrons. The molecule has 1 aromatic heterocycles. The van der Waals surface area contributed by atoms with Crippen LogP contribution in [0.3, 0.4) is 0 Å². The van der Waals surface area contributed by atoms with E-state index in [1.54, 1.807) is 42.6 Å². The lowest BCUT2D eigenvalue weighted by molar-refractivity contribution is -0.122. The van der Waals surface area contributed by atoms with Gasteiger partial charge < -0.3 is 14.8 Å². The topological polar surface area (TPSA) is 60.5 Å². The van der Waals surface area contributed by atoms with Crippen LogP contribution in [0.25, 0.3) is 0 Å². The third-order valence-corrected chi connectivity index (χ3v) is 2.50. The van der Waals surface area contributed by atoms with Gasteiger partial charge in [0.25, 0.3) is 5.91 Å². The first-order valence-electron chi connectivity index (χ1n) is 6.47. The number of nitrogens with one attached hydrogen (secondary N) is 1. The van der Waals surface area contributed by atoms with Gasteiger partial charge in [-0.15, -0.1) is 6.58 Å². The van der Waals surface area contributed by atoms with E-state index in [0.29, 0.717) is 23.9 Å². The molecule has 0 bridgehead atoms. The molecule has 0 atom stereocenters. The predicted octanol–water partition coefficient (Wildman–Crippen LogP) is 2.55. The minimum Gasteiger partial charge on any atom is -0.484 e. The van der Waals surface area contributed by atoms with Crippen molar-refractivity contribution in [2.75, 3.05) is 13.2 Å². The molecule has 1 heterocycles. The molecule has 5 nitrogen and oxygen atoms in total. The average Bonchev–Trinajstić information content (AvgIpc) is 2.53. The van der Waals surface area contributed by atoms with Gasteiger partial charge in [0.2, 0.25) is 5.88 Å². The first kappa shape index (κ1) is 14.6. The van der Waals surface area contributed by atoms with Crippen molar-refractivity contribution in [1.82, 2.24) is 10.3 Å². The highest BCUT2D eigenvalue weighted by molar-refractivity contribution is 5.77. The fourth-order valence-corrected chi connectivity index (χ4v) is 1.52. The standard InChI is InChI=1S/C16H16N2O3/c1-2-10-17-15(19)12-20-13-6-8-14(9-7-13)21-16-5-3-4-11-18-16/h2-9,11H,1,10,12H2,(H,17,19). The zero-order chi connectivity index (χ0) is 14.9. The van der Waals surface area contributed by atoms with Gasteiger partial charge in [-0.25, -0.2) is 4.98 Å². The Balaban J connectivity index is 1.84. The molecule has 1 amide bonds. The van der Waals surface area contributed by atoms with Crippen LogP contribution in [-0.4, -0.2) is 24.0 Å². The Kier molecular flexibility index (Phi) is 5.34. The van der Waals surface area contributed by atoms with Gasteiger partial charge in [-0.05, 0) is 30.3 Å². The summed E-state index contributed by atoms with van der Waals surface area (Å²) >= 11 is 0. The van der Waals surface area contributed by atoms with E-state index in [4.69, 9.17) is 9.47 Å². The fourth-order valence-electron chi connectivity index (χ4n) is 1.52. The Morgan fingerprint density at radius 1 is 1.19 bits per heavy atom. The van der Waals surface area contributed by atoms with Gasteiger partial charge >= 0.3 is 0 Å². The summed E-state index contributed by atoms with van der Waals surface area (Å²) in [6.45, 7) is 3.92. The third kappa shape index (κ3) is 4.99. The van der Waals surface area contributed by atoms with Gasteiger partial charge in [0.1, 0.15) is 11.5 Å². The summed E-state index contributed by atoms with van der Waals surface area (Å²) in [6.07, 6.45) is 3.27. The highest BCUT2D eigenvalue weighted by Crippen LogP contribution is 2.21. The second-order valence-electron chi connectivity index (χ2n) is 4.12. The summed E-state index contributed by atoms with van der Waals surface area (Å²) in [6, 6.07) is 12.4. The van der Waals surface area contributed by atoms with Crippen LogP contribution >= 0.6 is 0 Å². The smallest absolute Gasteiger partial charge is 0.258 e. The predicted molar refractivity (Wildman–Crippen MR) is 79.5 cm³/mol. The monoisotopic (exact) mass is 284 g/mol. The van der Waals surface area contributed by atoms with Crippen molar-refractivity contribution in [3.63, 3.8) is 0 Å². The number of benzene rings is 1. The Labute approximate surface area is 123 Å². The molecule has 108 valence electrons. The molecular weight excluding hydrogens is 268 g/mol. The van der Waals surface area contributed by atoms with Crippen molar-refractivity contribution in [2.24, 2.45) is 0 Å². The van der Waals surface area contributed by atoms with Crippen LogP contribution in [0.15, 0.2) is 61.3 Å². The summed E-state index contributed by atoms with van der Waals surface area (Å²) in [4.78, 5) is 15.4. The van der Waals surface area contributed by atoms with Crippen LogP contribution in [0.5, 0.6) is 17.4 Å². The molecule has 0 aliphatic heterocycles. The van der Waals surface area contributed by atoms with E-state index in [0.717, 1.165) is 0 Å². The largest absolute Gasteiger partial charge is 0.484 e. The molecule has 2 aromatic rings. The van der Waals surface area contributed by atoms with Crippen molar-refractivity contribution in [3.8, 4) is 17.4 Å². The lowest BCUT2D eigenvalue weighted by Crippen LogP contribution is -2.28. The molecule has 0 unspecified atom stereocenters. The molecule has 0 saturated carbocycles. The van der Waals surface area contributed by atoms with E-state index in [9.17, 15) is 4.79 Å². The van der Waals surface area contributed by atoms with Crippen molar-refractivity contribution in [1.29, 1.82) is 0 Å². The maximum atomic E-state index is 11.4. The normalized spacial score (nSPS) is 9.71. The number of hydrogen-bond donors (Lipinski definition) is 1. The lowest BCUT2D eigenvalue weighted by Gasteiger charge is -2.08. The van der Waals surface area contributed by atoms with E-state index in [2.05, 4.69) is 16.9 Å². The number of rotatable bonds is 7. The van der Waals surface area contributed by atoms with Crippen molar-refractivity contribution < 1.29 is 14.3 Å². The number of nitrogens with zero attached hydrogens (tertiary/aromatic N) is 1. The number of hydrogen-bond acceptors (Lipinski definition) is 4. The molecule has 2 rings (SSSR count). The third-order valence-electron chi connectivity index (χ3n) is 2.50. The maximum absolute atomic E-state index is 11.4. The molecule has 5 heteroatoms. The number of aromatic nitrogens is 1. The first-order chi connectivity index (χ1) is 10.3. The van der Waals surface area contributed by atoms with E-state index in [1.165, 1.54) is 0 Å². The summed E-state index contributed by atoms with van der Waals surface area (Å²) < 4.78 is 10.9. The Morgan fingerprint density at radius 2 is 1.95 bits per heavy atom. The fraction of sp³-hybridized carbons (Fsp3) is 0.125. The molecule has 0 fully saturated rings. The summed E-state index contributed by atoms with van der Waals surface area (Å²) in [5.74, 6) is 1.58. The summed E-state index contributed by atoms with van der Waals surface area (Å²) in [5.41, 5.74) is 0. The van der Waals surface area contributed by atoms with E-state index < -0.39 is 0 Å². The van der Waals surface area contributed by atoms with Gasteiger partial charge in [-0.1, -0.05) is 12.1 Å². The maximum Gasteiger partial charge on any atom is 0.258 e. The molecule has 0 spiro atoms. The quantitative estimate of drug-likeness (QED) is 0.794. The molecule has 1 N–H and O–H groups in total. The zero-order valence-corrected chi connectivity index (χ0v) is 11.5. The van der Waals surface area contributed by atoms with Crippen LogP contribution in [-0.2, 0) is 4.79 Å². The minimum atomic E-state index is -0.191. The molecule has 21 heavy (non-hydrogen) atoms. The van der Waals surface area contributed by atoms with Crippen molar-refractivity contribution >= 4 is 5.91 Å². The second-order valence-corrected chi connectivity index (χ2v) is 4.12. The second kappa shape index (κ2) is 7.69. The summed E-state index contributed by atoms with van der Waals surface area (Å²) in [7, 11) is 0. The van der Waals surface area contributed by atoms with Crippen LogP contribution in [0.4, 0.5) is 0 Å². The molecule has 0 aliphatic carbocycles. The Bertz CT molecular complexity index is 582. The SMILES string of the molecule is C=CCNC(=O)COc1ccc(Oc2ccccn2)cc1. The molecule has 0 aliphatic rings. The number of ether oxygens (including phenoxy) is 2. The number of carbonyl (C=O) groups excluding carboxylic acids is 1. The van der Waals surface area contributed by atoms with Gasteiger partial charge in [0, 0.05) is 18.8 Å².